The van der Waals surface area contributed by atoms with Crippen molar-refractivity contribution in [3.8, 4) is 22.6 Å². The van der Waals surface area contributed by atoms with Crippen LogP contribution in [-0.4, -0.2) is 20.5 Å². The van der Waals surface area contributed by atoms with Gasteiger partial charge in [-0.15, -0.1) is 0 Å². The predicted molar refractivity (Wildman–Crippen MR) is 87.9 cm³/mol. The zero-order valence-electron chi connectivity index (χ0n) is 12.5. The minimum absolute atomic E-state index is 0.623. The molecule has 3 aromatic rings. The number of rotatable bonds is 4. The Hall–Kier alpha value is -2.81. The van der Waals surface area contributed by atoms with Gasteiger partial charge in [0, 0.05) is 21.9 Å². The molecule has 0 atom stereocenters. The summed E-state index contributed by atoms with van der Waals surface area (Å²) in [6.07, 6.45) is 0.858. The number of benzene rings is 3. The molecule has 0 fully saturated rings. The standard InChI is InChI=1S/C19H16O3/c1-21-18-11-17(14-8-4-3-7-13(14)12-20)19(22-2)16-10-6-5-9-15(16)18/h3-12H,1-2H3. The number of carbonyl (C=O) groups excluding carboxylic acids is 1. The molecule has 0 aliphatic heterocycles. The van der Waals surface area contributed by atoms with Crippen LogP contribution in [0.1, 0.15) is 10.4 Å². The Kier molecular flexibility index (Phi) is 3.79. The molecule has 0 amide bonds. The minimum Gasteiger partial charge on any atom is -0.496 e. The van der Waals surface area contributed by atoms with Gasteiger partial charge in [-0.3, -0.25) is 4.79 Å². The molecule has 0 N–H and O–H groups in total. The molecule has 0 spiro atoms. The first-order chi connectivity index (χ1) is 10.8. The Bertz CT molecular complexity index is 837. The average Bonchev–Trinajstić information content (AvgIpc) is 2.60. The lowest BCUT2D eigenvalue weighted by Gasteiger charge is -2.16. The second-order valence-corrected chi connectivity index (χ2v) is 4.91. The number of aldehydes is 1. The van der Waals surface area contributed by atoms with Gasteiger partial charge in [-0.1, -0.05) is 48.5 Å². The zero-order chi connectivity index (χ0) is 15.5. The van der Waals surface area contributed by atoms with Crippen LogP contribution in [0.25, 0.3) is 21.9 Å². The summed E-state index contributed by atoms with van der Waals surface area (Å²) in [6.45, 7) is 0. The highest BCUT2D eigenvalue weighted by Crippen LogP contribution is 2.42. The van der Waals surface area contributed by atoms with Gasteiger partial charge in [0.25, 0.3) is 0 Å². The van der Waals surface area contributed by atoms with Gasteiger partial charge in [-0.25, -0.2) is 0 Å². The number of methoxy groups -OCH3 is 2. The molecule has 0 aliphatic carbocycles. The van der Waals surface area contributed by atoms with Gasteiger partial charge < -0.3 is 9.47 Å². The second-order valence-electron chi connectivity index (χ2n) is 4.91. The number of ether oxygens (including phenoxy) is 2. The first kappa shape index (κ1) is 14.1. The molecule has 3 heteroatoms. The Morgan fingerprint density at radius 3 is 2.18 bits per heavy atom. The van der Waals surface area contributed by atoms with Gasteiger partial charge >= 0.3 is 0 Å². The van der Waals surface area contributed by atoms with Crippen molar-refractivity contribution < 1.29 is 14.3 Å². The van der Waals surface area contributed by atoms with Crippen LogP contribution in [0.3, 0.4) is 0 Å². The number of fused-ring (bicyclic) bond motifs is 1. The van der Waals surface area contributed by atoms with Crippen molar-refractivity contribution >= 4 is 17.1 Å². The maximum Gasteiger partial charge on any atom is 0.150 e. The van der Waals surface area contributed by atoms with E-state index in [0.717, 1.165) is 39.7 Å². The predicted octanol–water partition coefficient (Wildman–Crippen LogP) is 4.34. The first-order valence-electron chi connectivity index (χ1n) is 6.98. The van der Waals surface area contributed by atoms with Gasteiger partial charge in [0.05, 0.1) is 14.2 Å². The molecular weight excluding hydrogens is 276 g/mol. The van der Waals surface area contributed by atoms with Gasteiger partial charge in [-0.2, -0.15) is 0 Å². The van der Waals surface area contributed by atoms with Gasteiger partial charge in [0.1, 0.15) is 11.5 Å². The van der Waals surface area contributed by atoms with E-state index in [1.165, 1.54) is 0 Å². The number of hydrogen-bond acceptors (Lipinski definition) is 3. The highest BCUT2D eigenvalue weighted by atomic mass is 16.5. The molecule has 0 radical (unpaired) electrons. The minimum atomic E-state index is 0.623. The fraction of sp³-hybridized carbons (Fsp3) is 0.105. The van der Waals surface area contributed by atoms with E-state index in [0.29, 0.717) is 5.56 Å². The highest BCUT2D eigenvalue weighted by Gasteiger charge is 2.16. The van der Waals surface area contributed by atoms with Crippen molar-refractivity contribution in [2.75, 3.05) is 14.2 Å². The number of carbonyl (C=O) groups is 1. The molecule has 3 nitrogen and oxygen atoms in total. The van der Waals surface area contributed by atoms with Crippen LogP contribution >= 0.6 is 0 Å². The maximum atomic E-state index is 11.3. The van der Waals surface area contributed by atoms with E-state index in [2.05, 4.69) is 0 Å². The third-order valence-electron chi connectivity index (χ3n) is 3.76. The molecule has 0 unspecified atom stereocenters. The molecule has 22 heavy (non-hydrogen) atoms. The van der Waals surface area contributed by atoms with Crippen LogP contribution < -0.4 is 9.47 Å². The lowest BCUT2D eigenvalue weighted by atomic mass is 9.95. The van der Waals surface area contributed by atoms with Crippen molar-refractivity contribution in [3.63, 3.8) is 0 Å². The molecule has 3 rings (SSSR count). The third kappa shape index (κ3) is 2.21. The molecule has 0 heterocycles. The van der Waals surface area contributed by atoms with Gasteiger partial charge in [0.15, 0.2) is 6.29 Å². The van der Waals surface area contributed by atoms with Crippen LogP contribution in [0, 0.1) is 0 Å². The van der Waals surface area contributed by atoms with Gasteiger partial charge in [0.2, 0.25) is 0 Å². The Labute approximate surface area is 129 Å². The molecule has 0 bridgehead atoms. The van der Waals surface area contributed by atoms with E-state index in [9.17, 15) is 4.79 Å². The second kappa shape index (κ2) is 5.90. The number of hydrogen-bond donors (Lipinski definition) is 0. The van der Waals surface area contributed by atoms with E-state index < -0.39 is 0 Å². The van der Waals surface area contributed by atoms with Crippen LogP contribution in [-0.2, 0) is 0 Å². The first-order valence-corrected chi connectivity index (χ1v) is 6.98. The topological polar surface area (TPSA) is 35.5 Å². The SMILES string of the molecule is COc1cc(-c2ccccc2C=O)c(OC)c2ccccc12. The van der Waals surface area contributed by atoms with E-state index >= 15 is 0 Å². The Morgan fingerprint density at radius 1 is 0.818 bits per heavy atom. The van der Waals surface area contributed by atoms with Gasteiger partial charge in [-0.05, 0) is 11.6 Å². The Balaban J connectivity index is 2.41. The molecule has 0 saturated heterocycles. The fourth-order valence-electron chi connectivity index (χ4n) is 2.75. The fourth-order valence-corrected chi connectivity index (χ4v) is 2.75. The molecule has 3 aromatic carbocycles. The summed E-state index contributed by atoms with van der Waals surface area (Å²) in [7, 11) is 3.28. The molecule has 0 aliphatic rings. The summed E-state index contributed by atoms with van der Waals surface area (Å²) < 4.78 is 11.2. The van der Waals surface area contributed by atoms with Crippen molar-refractivity contribution in [2.45, 2.75) is 0 Å². The van der Waals surface area contributed by atoms with Crippen LogP contribution in [0.5, 0.6) is 11.5 Å². The lowest BCUT2D eigenvalue weighted by molar-refractivity contribution is 0.112. The van der Waals surface area contributed by atoms with Crippen molar-refractivity contribution in [1.82, 2.24) is 0 Å². The summed E-state index contributed by atoms with van der Waals surface area (Å²) >= 11 is 0. The summed E-state index contributed by atoms with van der Waals surface area (Å²) in [5.41, 5.74) is 2.30. The van der Waals surface area contributed by atoms with E-state index in [1.807, 2.05) is 48.5 Å². The quantitative estimate of drug-likeness (QED) is 0.671. The van der Waals surface area contributed by atoms with Crippen LogP contribution in [0.2, 0.25) is 0 Å². The molecule has 110 valence electrons. The Morgan fingerprint density at radius 2 is 1.50 bits per heavy atom. The highest BCUT2D eigenvalue weighted by molar-refractivity contribution is 6.01. The van der Waals surface area contributed by atoms with Crippen LogP contribution in [0.15, 0.2) is 54.6 Å². The average molecular weight is 292 g/mol. The molecular formula is C19H16O3. The van der Waals surface area contributed by atoms with E-state index in [1.54, 1.807) is 20.3 Å². The maximum absolute atomic E-state index is 11.3. The van der Waals surface area contributed by atoms with Crippen molar-refractivity contribution in [1.29, 1.82) is 0 Å². The summed E-state index contributed by atoms with van der Waals surface area (Å²) in [5.74, 6) is 1.50. The van der Waals surface area contributed by atoms with E-state index in [4.69, 9.17) is 9.47 Å². The molecule has 0 saturated carbocycles. The largest absolute Gasteiger partial charge is 0.496 e. The normalized spacial score (nSPS) is 10.5. The monoisotopic (exact) mass is 292 g/mol. The van der Waals surface area contributed by atoms with E-state index in [-0.39, 0.29) is 0 Å². The zero-order valence-corrected chi connectivity index (χ0v) is 12.5. The third-order valence-corrected chi connectivity index (χ3v) is 3.76. The van der Waals surface area contributed by atoms with Crippen molar-refractivity contribution in [2.24, 2.45) is 0 Å². The smallest absolute Gasteiger partial charge is 0.150 e. The van der Waals surface area contributed by atoms with Crippen molar-refractivity contribution in [3.05, 3.63) is 60.2 Å². The lowest BCUT2D eigenvalue weighted by Crippen LogP contribution is -1.95. The summed E-state index contributed by atoms with van der Waals surface area (Å²) in [6, 6.07) is 17.3. The van der Waals surface area contributed by atoms with Crippen LogP contribution in [0.4, 0.5) is 0 Å². The summed E-state index contributed by atoms with van der Waals surface area (Å²) in [5, 5.41) is 1.94. The molecule has 0 aromatic heterocycles. The summed E-state index contributed by atoms with van der Waals surface area (Å²) in [4.78, 5) is 11.3.